The second-order valence-electron chi connectivity index (χ2n) is 3.72. The first-order valence-electron chi connectivity index (χ1n) is 5.21. The number of hydrogen-bond acceptors (Lipinski definition) is 4. The van der Waals surface area contributed by atoms with E-state index in [1.165, 1.54) is 23.5 Å². The van der Waals surface area contributed by atoms with Crippen molar-refractivity contribution in [2.75, 3.05) is 0 Å². The van der Waals surface area contributed by atoms with E-state index >= 15 is 0 Å². The fourth-order valence-electron chi connectivity index (χ4n) is 1.44. The summed E-state index contributed by atoms with van der Waals surface area (Å²) in [6.07, 6.45) is 0. The minimum Gasteiger partial charge on any atom is -0.475 e. The third-order valence-corrected chi connectivity index (χ3v) is 3.26. The summed E-state index contributed by atoms with van der Waals surface area (Å²) in [6.45, 7) is 2.03. The van der Waals surface area contributed by atoms with E-state index < -0.39 is 5.97 Å². The minimum atomic E-state index is -1.12. The molecule has 2 N–H and O–H groups in total. The zero-order valence-electron chi connectivity index (χ0n) is 9.60. The zero-order valence-corrected chi connectivity index (χ0v) is 10.4. The molecule has 0 fully saturated rings. The van der Waals surface area contributed by atoms with Crippen LogP contribution in [0.1, 0.15) is 32.2 Å². The molecule has 0 spiro atoms. The Hall–Kier alpha value is -2.08. The first-order chi connectivity index (χ1) is 8.58. The van der Waals surface area contributed by atoms with Gasteiger partial charge in [0.15, 0.2) is 0 Å². The number of aromatic carboxylic acids is 1. The number of nitrogens with one attached hydrogen (secondary N) is 1. The van der Waals surface area contributed by atoms with Crippen molar-refractivity contribution in [3.8, 4) is 0 Å². The van der Waals surface area contributed by atoms with Gasteiger partial charge >= 0.3 is 5.97 Å². The van der Waals surface area contributed by atoms with Crippen molar-refractivity contribution < 1.29 is 19.1 Å². The fourth-order valence-corrected chi connectivity index (χ4v) is 2.27. The van der Waals surface area contributed by atoms with Crippen LogP contribution in [-0.2, 0) is 6.54 Å². The van der Waals surface area contributed by atoms with Gasteiger partial charge < -0.3 is 14.8 Å². The third kappa shape index (κ3) is 2.60. The maximum absolute atomic E-state index is 11.8. The molecule has 2 rings (SSSR count). The Balaban J connectivity index is 1.97. The number of aryl methyl sites for hydroxylation is 1. The monoisotopic (exact) mass is 265 g/mol. The highest BCUT2D eigenvalue weighted by Gasteiger charge is 2.12. The maximum atomic E-state index is 11.8. The molecule has 5 nitrogen and oxygen atoms in total. The Bertz CT molecular complexity index is 584. The second-order valence-corrected chi connectivity index (χ2v) is 4.47. The predicted octanol–water partition coefficient (Wildman–Crippen LogP) is 2.28. The number of furan rings is 1. The molecule has 0 aliphatic carbocycles. The maximum Gasteiger partial charge on any atom is 0.371 e. The average Bonchev–Trinajstić information content (AvgIpc) is 2.94. The summed E-state index contributed by atoms with van der Waals surface area (Å²) >= 11 is 1.46. The molecular formula is C12H11NO4S. The van der Waals surface area contributed by atoms with Gasteiger partial charge in [-0.2, -0.15) is 11.3 Å². The van der Waals surface area contributed by atoms with Crippen molar-refractivity contribution in [2.45, 2.75) is 13.5 Å². The van der Waals surface area contributed by atoms with Gasteiger partial charge in [0.25, 0.3) is 5.91 Å². The molecule has 6 heteroatoms. The second kappa shape index (κ2) is 5.05. The van der Waals surface area contributed by atoms with Crippen LogP contribution in [0.3, 0.4) is 0 Å². The molecule has 0 saturated carbocycles. The van der Waals surface area contributed by atoms with Crippen LogP contribution in [0.2, 0.25) is 0 Å². The highest BCUT2D eigenvalue weighted by molar-refractivity contribution is 7.08. The van der Waals surface area contributed by atoms with Gasteiger partial charge in [0.05, 0.1) is 12.1 Å². The molecular weight excluding hydrogens is 254 g/mol. The zero-order chi connectivity index (χ0) is 13.1. The van der Waals surface area contributed by atoms with Crippen LogP contribution in [0.4, 0.5) is 0 Å². The Morgan fingerprint density at radius 3 is 2.72 bits per heavy atom. The summed E-state index contributed by atoms with van der Waals surface area (Å²) in [7, 11) is 0. The Kier molecular flexibility index (Phi) is 3.47. The van der Waals surface area contributed by atoms with Crippen LogP contribution in [0.15, 0.2) is 27.3 Å². The summed E-state index contributed by atoms with van der Waals surface area (Å²) in [5.74, 6) is -1.04. The van der Waals surface area contributed by atoms with Crippen LogP contribution in [0.25, 0.3) is 0 Å². The SMILES string of the molecule is Cc1cscc1C(=O)NCc1ccc(C(=O)O)o1. The number of carboxylic acid groups (broad SMARTS) is 1. The number of carboxylic acids is 1. The molecule has 0 aliphatic heterocycles. The van der Waals surface area contributed by atoms with Crippen LogP contribution >= 0.6 is 11.3 Å². The molecule has 0 atom stereocenters. The first-order valence-corrected chi connectivity index (χ1v) is 6.15. The lowest BCUT2D eigenvalue weighted by Crippen LogP contribution is -2.22. The Morgan fingerprint density at radius 1 is 1.39 bits per heavy atom. The van der Waals surface area contributed by atoms with E-state index in [0.717, 1.165) is 5.56 Å². The summed E-state index contributed by atoms with van der Waals surface area (Å²) in [4.78, 5) is 22.4. The minimum absolute atomic E-state index is 0.133. The van der Waals surface area contributed by atoms with Crippen molar-refractivity contribution in [2.24, 2.45) is 0 Å². The molecule has 0 radical (unpaired) electrons. The quantitative estimate of drug-likeness (QED) is 0.888. The van der Waals surface area contributed by atoms with Crippen molar-refractivity contribution in [3.63, 3.8) is 0 Å². The normalized spacial score (nSPS) is 10.3. The van der Waals surface area contributed by atoms with Crippen LogP contribution in [-0.4, -0.2) is 17.0 Å². The molecule has 2 aromatic rings. The molecule has 0 unspecified atom stereocenters. The molecule has 0 aliphatic rings. The molecule has 2 aromatic heterocycles. The topological polar surface area (TPSA) is 79.5 Å². The van der Waals surface area contributed by atoms with E-state index in [0.29, 0.717) is 11.3 Å². The summed E-state index contributed by atoms with van der Waals surface area (Å²) in [6, 6.07) is 2.89. The van der Waals surface area contributed by atoms with E-state index in [9.17, 15) is 9.59 Å². The summed E-state index contributed by atoms with van der Waals surface area (Å²) in [5.41, 5.74) is 1.55. The predicted molar refractivity (Wildman–Crippen MR) is 65.9 cm³/mol. The molecule has 0 saturated heterocycles. The molecule has 0 bridgehead atoms. The van der Waals surface area contributed by atoms with Gasteiger partial charge in [-0.25, -0.2) is 4.79 Å². The van der Waals surface area contributed by atoms with E-state index in [1.807, 2.05) is 12.3 Å². The van der Waals surface area contributed by atoms with Gasteiger partial charge in [-0.15, -0.1) is 0 Å². The first kappa shape index (κ1) is 12.4. The van der Waals surface area contributed by atoms with Gasteiger partial charge in [0.1, 0.15) is 5.76 Å². The van der Waals surface area contributed by atoms with E-state index in [4.69, 9.17) is 9.52 Å². The lowest BCUT2D eigenvalue weighted by atomic mass is 10.2. The van der Waals surface area contributed by atoms with Gasteiger partial charge in [0.2, 0.25) is 5.76 Å². The molecule has 18 heavy (non-hydrogen) atoms. The largest absolute Gasteiger partial charge is 0.475 e. The number of carbonyl (C=O) groups is 2. The van der Waals surface area contributed by atoms with Gasteiger partial charge in [-0.05, 0) is 30.0 Å². The standard InChI is InChI=1S/C12H11NO4S/c1-7-5-18-6-9(7)11(14)13-4-8-2-3-10(17-8)12(15)16/h2-3,5-6H,4H2,1H3,(H,13,14)(H,15,16). The van der Waals surface area contributed by atoms with Gasteiger partial charge in [-0.3, -0.25) is 4.79 Å². The molecule has 2 heterocycles. The average molecular weight is 265 g/mol. The third-order valence-electron chi connectivity index (χ3n) is 2.40. The fraction of sp³-hybridized carbons (Fsp3) is 0.167. The summed E-state index contributed by atoms with van der Waals surface area (Å²) < 4.78 is 5.03. The van der Waals surface area contributed by atoms with Gasteiger partial charge in [-0.1, -0.05) is 0 Å². The lowest BCUT2D eigenvalue weighted by Gasteiger charge is -2.02. The van der Waals surface area contributed by atoms with Crippen LogP contribution < -0.4 is 5.32 Å². The summed E-state index contributed by atoms with van der Waals surface area (Å²) in [5, 5.41) is 15.0. The van der Waals surface area contributed by atoms with Crippen molar-refractivity contribution >= 4 is 23.2 Å². The van der Waals surface area contributed by atoms with Crippen LogP contribution in [0, 0.1) is 6.92 Å². The highest BCUT2D eigenvalue weighted by atomic mass is 32.1. The number of thiophene rings is 1. The highest BCUT2D eigenvalue weighted by Crippen LogP contribution is 2.14. The Morgan fingerprint density at radius 2 is 2.17 bits per heavy atom. The van der Waals surface area contributed by atoms with Crippen LogP contribution in [0.5, 0.6) is 0 Å². The Labute approximate surface area is 107 Å². The number of rotatable bonds is 4. The van der Waals surface area contributed by atoms with Crippen molar-refractivity contribution in [1.29, 1.82) is 0 Å². The van der Waals surface area contributed by atoms with Crippen molar-refractivity contribution in [3.05, 3.63) is 45.5 Å². The lowest BCUT2D eigenvalue weighted by molar-refractivity contribution is 0.0660. The van der Waals surface area contributed by atoms with Crippen molar-refractivity contribution in [1.82, 2.24) is 5.32 Å². The number of carbonyl (C=O) groups excluding carboxylic acids is 1. The molecule has 1 amide bonds. The molecule has 0 aromatic carbocycles. The van der Waals surface area contributed by atoms with E-state index in [-0.39, 0.29) is 18.2 Å². The van der Waals surface area contributed by atoms with Gasteiger partial charge in [0, 0.05) is 5.38 Å². The van der Waals surface area contributed by atoms with E-state index in [2.05, 4.69) is 5.32 Å². The van der Waals surface area contributed by atoms with E-state index in [1.54, 1.807) is 5.38 Å². The smallest absolute Gasteiger partial charge is 0.371 e. The molecule has 94 valence electrons. The number of amides is 1. The number of hydrogen-bond donors (Lipinski definition) is 2.